The molecule has 1 amide bonds. The van der Waals surface area contributed by atoms with E-state index in [1.807, 2.05) is 48.5 Å². The van der Waals surface area contributed by atoms with Crippen molar-refractivity contribution in [2.45, 2.75) is 6.04 Å². The lowest BCUT2D eigenvalue weighted by molar-refractivity contribution is -0.384. The number of nitro benzene ring substituents is 1. The van der Waals surface area contributed by atoms with Crippen molar-refractivity contribution in [1.29, 1.82) is 0 Å². The van der Waals surface area contributed by atoms with Gasteiger partial charge in [0.2, 0.25) is 5.91 Å². The van der Waals surface area contributed by atoms with Crippen LogP contribution < -0.4 is 5.32 Å². The monoisotopic (exact) mass is 359 g/mol. The predicted molar refractivity (Wildman–Crippen MR) is 103 cm³/mol. The summed E-state index contributed by atoms with van der Waals surface area (Å²) >= 11 is 0. The van der Waals surface area contributed by atoms with E-state index in [1.54, 1.807) is 24.4 Å². The maximum Gasteiger partial charge on any atom is 0.269 e. The quantitative estimate of drug-likeness (QED) is 0.411. The lowest BCUT2D eigenvalue weighted by Gasteiger charge is -2.17. The number of rotatable bonds is 6. The molecule has 6 heteroatoms. The van der Waals surface area contributed by atoms with Gasteiger partial charge in [-0.15, -0.1) is 0 Å². The third-order valence-electron chi connectivity index (χ3n) is 3.93. The standard InChI is InChI=1S/C21H17N3O3/c25-20(14-11-16-9-12-18(13-10-16)24(26)27)23-21(17-6-2-1-3-7-17)19-8-4-5-15-22-19/h1-15,21H,(H,23,25)/b14-11+/t21-/m1/s1. The van der Waals surface area contributed by atoms with E-state index in [0.717, 1.165) is 11.3 Å². The van der Waals surface area contributed by atoms with Gasteiger partial charge >= 0.3 is 0 Å². The van der Waals surface area contributed by atoms with Crippen LogP contribution in [0.2, 0.25) is 0 Å². The number of aromatic nitrogens is 1. The number of hydrogen-bond acceptors (Lipinski definition) is 4. The molecule has 27 heavy (non-hydrogen) atoms. The van der Waals surface area contributed by atoms with Crippen LogP contribution in [-0.2, 0) is 4.79 Å². The number of carbonyl (C=O) groups is 1. The largest absolute Gasteiger partial charge is 0.340 e. The van der Waals surface area contributed by atoms with Gasteiger partial charge in [-0.2, -0.15) is 0 Å². The molecule has 0 bridgehead atoms. The molecule has 2 aromatic carbocycles. The maximum atomic E-state index is 12.4. The van der Waals surface area contributed by atoms with Gasteiger partial charge in [-0.1, -0.05) is 36.4 Å². The van der Waals surface area contributed by atoms with Gasteiger partial charge in [0.1, 0.15) is 0 Å². The minimum atomic E-state index is -0.461. The number of pyridine rings is 1. The Bertz CT molecular complexity index is 900. The topological polar surface area (TPSA) is 85.1 Å². The van der Waals surface area contributed by atoms with Crippen LogP contribution in [0.4, 0.5) is 5.69 Å². The first-order valence-corrected chi connectivity index (χ1v) is 8.32. The van der Waals surface area contributed by atoms with Crippen LogP contribution in [0.5, 0.6) is 0 Å². The molecule has 1 heterocycles. The van der Waals surface area contributed by atoms with Crippen LogP contribution in [0.3, 0.4) is 0 Å². The highest BCUT2D eigenvalue weighted by molar-refractivity contribution is 5.92. The highest BCUT2D eigenvalue weighted by Crippen LogP contribution is 2.20. The Morgan fingerprint density at radius 3 is 2.33 bits per heavy atom. The Morgan fingerprint density at radius 2 is 1.70 bits per heavy atom. The molecule has 0 spiro atoms. The van der Waals surface area contributed by atoms with Crippen molar-refractivity contribution < 1.29 is 9.72 Å². The highest BCUT2D eigenvalue weighted by atomic mass is 16.6. The van der Waals surface area contributed by atoms with Crippen LogP contribution in [0.15, 0.2) is 85.1 Å². The van der Waals surface area contributed by atoms with Gasteiger partial charge in [0.25, 0.3) is 5.69 Å². The maximum absolute atomic E-state index is 12.4. The Morgan fingerprint density at radius 1 is 1.00 bits per heavy atom. The molecule has 3 aromatic rings. The highest BCUT2D eigenvalue weighted by Gasteiger charge is 2.16. The van der Waals surface area contributed by atoms with E-state index < -0.39 is 4.92 Å². The van der Waals surface area contributed by atoms with E-state index in [0.29, 0.717) is 5.56 Å². The molecule has 0 unspecified atom stereocenters. The Kier molecular flexibility index (Phi) is 5.69. The molecular formula is C21H17N3O3. The summed E-state index contributed by atoms with van der Waals surface area (Å²) < 4.78 is 0. The third kappa shape index (κ3) is 4.85. The first kappa shape index (κ1) is 18.0. The average Bonchev–Trinajstić information content (AvgIpc) is 2.72. The summed E-state index contributed by atoms with van der Waals surface area (Å²) in [6.07, 6.45) is 4.70. The fourth-order valence-electron chi connectivity index (χ4n) is 2.59. The molecular weight excluding hydrogens is 342 g/mol. The normalized spacial score (nSPS) is 11.9. The number of benzene rings is 2. The number of nitro groups is 1. The predicted octanol–water partition coefficient (Wildman–Crippen LogP) is 3.91. The molecule has 6 nitrogen and oxygen atoms in total. The lowest BCUT2D eigenvalue weighted by Crippen LogP contribution is -2.28. The van der Waals surface area contributed by atoms with Crippen molar-refractivity contribution in [1.82, 2.24) is 10.3 Å². The van der Waals surface area contributed by atoms with Gasteiger partial charge in [0.15, 0.2) is 0 Å². The molecule has 0 aliphatic carbocycles. The number of nitrogens with one attached hydrogen (secondary N) is 1. The van der Waals surface area contributed by atoms with Gasteiger partial charge in [-0.3, -0.25) is 19.9 Å². The summed E-state index contributed by atoms with van der Waals surface area (Å²) in [6, 6.07) is 20.8. The van der Waals surface area contributed by atoms with E-state index in [1.165, 1.54) is 18.2 Å². The Hall–Kier alpha value is -3.80. The van der Waals surface area contributed by atoms with E-state index >= 15 is 0 Å². The van der Waals surface area contributed by atoms with Gasteiger partial charge in [0, 0.05) is 24.4 Å². The van der Waals surface area contributed by atoms with Gasteiger partial charge in [-0.25, -0.2) is 0 Å². The van der Waals surface area contributed by atoms with E-state index in [-0.39, 0.29) is 17.6 Å². The van der Waals surface area contributed by atoms with Crippen molar-refractivity contribution in [2.24, 2.45) is 0 Å². The second-order valence-electron chi connectivity index (χ2n) is 5.79. The van der Waals surface area contributed by atoms with Crippen molar-refractivity contribution in [3.05, 3.63) is 112 Å². The fourth-order valence-corrected chi connectivity index (χ4v) is 2.59. The SMILES string of the molecule is O=C(/C=C/c1ccc([N+](=O)[O-])cc1)N[C@H](c1ccccc1)c1ccccn1. The van der Waals surface area contributed by atoms with Crippen molar-refractivity contribution in [2.75, 3.05) is 0 Å². The molecule has 0 fully saturated rings. The van der Waals surface area contributed by atoms with Crippen LogP contribution in [0.25, 0.3) is 6.08 Å². The van der Waals surface area contributed by atoms with Crippen molar-refractivity contribution in [3.8, 4) is 0 Å². The molecule has 0 aliphatic heterocycles. The van der Waals surface area contributed by atoms with E-state index in [9.17, 15) is 14.9 Å². The van der Waals surface area contributed by atoms with Crippen molar-refractivity contribution >= 4 is 17.7 Å². The second kappa shape index (κ2) is 8.53. The summed E-state index contributed by atoms with van der Waals surface area (Å²) in [5.74, 6) is -0.284. The molecule has 1 N–H and O–H groups in total. The zero-order chi connectivity index (χ0) is 19.1. The van der Waals surface area contributed by atoms with Gasteiger partial charge in [-0.05, 0) is 41.5 Å². The smallest absolute Gasteiger partial charge is 0.269 e. The zero-order valence-electron chi connectivity index (χ0n) is 14.4. The van der Waals surface area contributed by atoms with Gasteiger partial charge in [0.05, 0.1) is 16.7 Å². The second-order valence-corrected chi connectivity index (χ2v) is 5.79. The molecule has 0 saturated heterocycles. The summed E-state index contributed by atoms with van der Waals surface area (Å²) in [6.45, 7) is 0. The average molecular weight is 359 g/mol. The molecule has 0 aliphatic rings. The minimum Gasteiger partial charge on any atom is -0.340 e. The number of carbonyl (C=O) groups excluding carboxylic acids is 1. The molecule has 0 saturated carbocycles. The van der Waals surface area contributed by atoms with Crippen LogP contribution in [0.1, 0.15) is 22.9 Å². The Labute approximate surface area is 156 Å². The van der Waals surface area contributed by atoms with Crippen LogP contribution >= 0.6 is 0 Å². The number of nitrogens with zero attached hydrogens (tertiary/aromatic N) is 2. The molecule has 3 rings (SSSR count). The van der Waals surface area contributed by atoms with Crippen LogP contribution in [-0.4, -0.2) is 15.8 Å². The van der Waals surface area contributed by atoms with E-state index in [2.05, 4.69) is 10.3 Å². The summed E-state index contributed by atoms with van der Waals surface area (Å²) in [4.78, 5) is 27.0. The van der Waals surface area contributed by atoms with E-state index in [4.69, 9.17) is 0 Å². The summed E-state index contributed by atoms with van der Waals surface area (Å²) in [7, 11) is 0. The number of hydrogen-bond donors (Lipinski definition) is 1. The van der Waals surface area contributed by atoms with Gasteiger partial charge < -0.3 is 5.32 Å². The summed E-state index contributed by atoms with van der Waals surface area (Å²) in [5.41, 5.74) is 2.37. The molecule has 134 valence electrons. The van der Waals surface area contributed by atoms with Crippen molar-refractivity contribution in [3.63, 3.8) is 0 Å². The number of non-ortho nitro benzene ring substituents is 1. The fraction of sp³-hybridized carbons (Fsp3) is 0.0476. The molecule has 0 radical (unpaired) electrons. The first-order valence-electron chi connectivity index (χ1n) is 8.32. The van der Waals surface area contributed by atoms with Crippen LogP contribution in [0, 0.1) is 10.1 Å². The molecule has 1 atom stereocenters. The lowest BCUT2D eigenvalue weighted by atomic mass is 10.0. The number of amides is 1. The first-order chi connectivity index (χ1) is 13.1. The third-order valence-corrected chi connectivity index (χ3v) is 3.93. The minimum absolute atomic E-state index is 0.0101. The Balaban J connectivity index is 1.75. The molecule has 1 aromatic heterocycles. The zero-order valence-corrected chi connectivity index (χ0v) is 14.4. The summed E-state index contributed by atoms with van der Waals surface area (Å²) in [5, 5.41) is 13.6.